The number of anilines is 1. The van der Waals surface area contributed by atoms with Gasteiger partial charge in [-0.15, -0.1) is 0 Å². The molecular formula is C23H25NO5. The Balaban J connectivity index is 1.63. The number of carboxylic acids is 1. The first-order valence-corrected chi connectivity index (χ1v) is 9.57. The summed E-state index contributed by atoms with van der Waals surface area (Å²) in [6, 6.07) is 13.9. The number of amides is 1. The molecular weight excluding hydrogens is 370 g/mol. The molecule has 0 aromatic heterocycles. The van der Waals surface area contributed by atoms with Gasteiger partial charge < -0.3 is 14.7 Å². The second-order valence-electron chi connectivity index (χ2n) is 8.32. The molecule has 1 aliphatic heterocycles. The molecule has 29 heavy (non-hydrogen) atoms. The molecule has 0 bridgehead atoms. The van der Waals surface area contributed by atoms with Gasteiger partial charge in [-0.25, -0.2) is 9.59 Å². The fourth-order valence-electron chi connectivity index (χ4n) is 3.40. The second kappa shape index (κ2) is 8.07. The van der Waals surface area contributed by atoms with Crippen LogP contribution in [0.4, 0.5) is 5.69 Å². The molecule has 1 N–H and O–H groups in total. The van der Waals surface area contributed by atoms with Crippen molar-refractivity contribution in [2.75, 3.05) is 18.1 Å². The topological polar surface area (TPSA) is 83.9 Å². The Morgan fingerprint density at radius 1 is 1.07 bits per heavy atom. The molecule has 1 atom stereocenters. The Bertz CT molecular complexity index is 927. The third-order valence-electron chi connectivity index (χ3n) is 5.08. The van der Waals surface area contributed by atoms with Gasteiger partial charge in [-0.1, -0.05) is 45.0 Å². The molecule has 0 spiro atoms. The van der Waals surface area contributed by atoms with E-state index in [0.717, 1.165) is 5.69 Å². The van der Waals surface area contributed by atoms with E-state index in [-0.39, 0.29) is 41.4 Å². The molecule has 2 aromatic carbocycles. The second-order valence-corrected chi connectivity index (χ2v) is 8.32. The van der Waals surface area contributed by atoms with Crippen LogP contribution in [0.5, 0.6) is 0 Å². The Labute approximate surface area is 170 Å². The van der Waals surface area contributed by atoms with E-state index in [4.69, 9.17) is 4.74 Å². The van der Waals surface area contributed by atoms with Crippen molar-refractivity contribution in [1.29, 1.82) is 0 Å². The largest absolute Gasteiger partial charge is 0.478 e. The van der Waals surface area contributed by atoms with Crippen LogP contribution in [-0.2, 0) is 14.9 Å². The van der Waals surface area contributed by atoms with Crippen LogP contribution in [0, 0.1) is 5.92 Å². The molecule has 1 aliphatic rings. The molecule has 152 valence electrons. The first-order chi connectivity index (χ1) is 13.7. The van der Waals surface area contributed by atoms with Crippen molar-refractivity contribution in [3.63, 3.8) is 0 Å². The summed E-state index contributed by atoms with van der Waals surface area (Å²) < 4.78 is 5.32. The normalized spacial score (nSPS) is 16.7. The number of rotatable bonds is 5. The van der Waals surface area contributed by atoms with Gasteiger partial charge in [0.05, 0.1) is 17.7 Å². The first kappa shape index (κ1) is 20.6. The molecule has 2 aromatic rings. The number of carboxylic acid groups (broad SMARTS) is 1. The highest BCUT2D eigenvalue weighted by Gasteiger charge is 2.32. The van der Waals surface area contributed by atoms with Crippen LogP contribution < -0.4 is 4.90 Å². The van der Waals surface area contributed by atoms with Crippen molar-refractivity contribution in [3.8, 4) is 0 Å². The summed E-state index contributed by atoms with van der Waals surface area (Å²) in [5.74, 6) is -2.02. The number of aromatic carboxylic acids is 1. The molecule has 6 heteroatoms. The van der Waals surface area contributed by atoms with Crippen LogP contribution in [0.15, 0.2) is 48.5 Å². The van der Waals surface area contributed by atoms with E-state index in [0.29, 0.717) is 6.54 Å². The molecule has 1 saturated heterocycles. The van der Waals surface area contributed by atoms with Gasteiger partial charge in [-0.05, 0) is 35.2 Å². The maximum Gasteiger partial charge on any atom is 0.339 e. The molecule has 1 heterocycles. The van der Waals surface area contributed by atoms with Crippen LogP contribution in [0.2, 0.25) is 0 Å². The van der Waals surface area contributed by atoms with Crippen LogP contribution in [0.3, 0.4) is 0 Å². The number of esters is 1. The monoisotopic (exact) mass is 395 g/mol. The van der Waals surface area contributed by atoms with E-state index in [9.17, 15) is 19.5 Å². The Kier molecular flexibility index (Phi) is 5.73. The lowest BCUT2D eigenvalue weighted by Crippen LogP contribution is -2.25. The van der Waals surface area contributed by atoms with E-state index in [1.165, 1.54) is 17.7 Å². The third-order valence-corrected chi connectivity index (χ3v) is 5.08. The van der Waals surface area contributed by atoms with Crippen LogP contribution >= 0.6 is 0 Å². The number of ether oxygens (including phenoxy) is 1. The lowest BCUT2D eigenvalue weighted by atomic mass is 9.87. The van der Waals surface area contributed by atoms with Crippen LogP contribution in [0.1, 0.15) is 53.5 Å². The molecule has 6 nitrogen and oxygen atoms in total. The minimum Gasteiger partial charge on any atom is -0.478 e. The maximum atomic E-state index is 12.4. The number of carbonyl (C=O) groups is 3. The van der Waals surface area contributed by atoms with Gasteiger partial charge in [0.2, 0.25) is 5.91 Å². The summed E-state index contributed by atoms with van der Waals surface area (Å²) in [6.07, 6.45) is 0.287. The average Bonchev–Trinajstić information content (AvgIpc) is 3.06. The molecule has 0 unspecified atom stereocenters. The molecule has 0 saturated carbocycles. The summed E-state index contributed by atoms with van der Waals surface area (Å²) in [4.78, 5) is 37.7. The predicted molar refractivity (Wildman–Crippen MR) is 109 cm³/mol. The van der Waals surface area contributed by atoms with Gasteiger partial charge in [0.1, 0.15) is 0 Å². The van der Waals surface area contributed by atoms with Crippen molar-refractivity contribution >= 4 is 23.5 Å². The van der Waals surface area contributed by atoms with E-state index < -0.39 is 11.9 Å². The average molecular weight is 395 g/mol. The quantitative estimate of drug-likeness (QED) is 0.777. The first-order valence-electron chi connectivity index (χ1n) is 9.57. The molecule has 3 rings (SSSR count). The van der Waals surface area contributed by atoms with Crippen molar-refractivity contribution in [3.05, 3.63) is 65.2 Å². The Hall–Kier alpha value is -3.15. The highest BCUT2D eigenvalue weighted by atomic mass is 16.5. The Morgan fingerprint density at radius 3 is 2.28 bits per heavy atom. The highest BCUT2D eigenvalue weighted by Crippen LogP contribution is 2.29. The zero-order valence-electron chi connectivity index (χ0n) is 16.8. The van der Waals surface area contributed by atoms with Crippen molar-refractivity contribution in [2.24, 2.45) is 5.92 Å². The number of benzene rings is 2. The van der Waals surface area contributed by atoms with E-state index in [1.54, 1.807) is 17.0 Å². The Morgan fingerprint density at radius 2 is 1.69 bits per heavy atom. The molecule has 0 aliphatic carbocycles. The fraction of sp³-hybridized carbons (Fsp3) is 0.348. The standard InChI is InChI=1S/C23H25NO5/c1-23(2,3)16-8-10-17(11-9-16)24-13-15(12-20(24)25)14-29-22(28)19-7-5-4-6-18(19)21(26)27/h4-11,15H,12-14H2,1-3H3,(H,26,27)/t15-/m0/s1. The summed E-state index contributed by atoms with van der Waals surface area (Å²) in [5, 5.41) is 9.20. The lowest BCUT2D eigenvalue weighted by molar-refractivity contribution is -0.117. The van der Waals surface area contributed by atoms with Gasteiger partial charge in [0.25, 0.3) is 0 Å². The summed E-state index contributed by atoms with van der Waals surface area (Å²) in [5.41, 5.74) is 1.97. The lowest BCUT2D eigenvalue weighted by Gasteiger charge is -2.21. The molecule has 0 radical (unpaired) electrons. The zero-order valence-corrected chi connectivity index (χ0v) is 16.8. The molecule has 1 fully saturated rings. The van der Waals surface area contributed by atoms with Gasteiger partial charge in [-0.3, -0.25) is 4.79 Å². The fourth-order valence-corrected chi connectivity index (χ4v) is 3.40. The van der Waals surface area contributed by atoms with Crippen molar-refractivity contribution in [2.45, 2.75) is 32.6 Å². The minimum absolute atomic E-state index is 0.0129. The van der Waals surface area contributed by atoms with Gasteiger partial charge in [0, 0.05) is 24.6 Å². The summed E-state index contributed by atoms with van der Waals surface area (Å²) in [6.45, 7) is 6.93. The maximum absolute atomic E-state index is 12.4. The van der Waals surface area contributed by atoms with Gasteiger partial charge in [0.15, 0.2) is 0 Å². The third kappa shape index (κ3) is 4.65. The van der Waals surface area contributed by atoms with Crippen molar-refractivity contribution in [1.82, 2.24) is 0 Å². The van der Waals surface area contributed by atoms with E-state index in [1.807, 2.05) is 24.3 Å². The molecule has 1 amide bonds. The van der Waals surface area contributed by atoms with E-state index in [2.05, 4.69) is 20.8 Å². The SMILES string of the molecule is CC(C)(C)c1ccc(N2C[C@@H](COC(=O)c3ccccc3C(=O)O)CC2=O)cc1. The summed E-state index contributed by atoms with van der Waals surface area (Å²) in [7, 11) is 0. The number of nitrogens with zero attached hydrogens (tertiary/aromatic N) is 1. The number of hydrogen-bond donors (Lipinski definition) is 1. The van der Waals surface area contributed by atoms with Gasteiger partial charge >= 0.3 is 11.9 Å². The van der Waals surface area contributed by atoms with Crippen LogP contribution in [0.25, 0.3) is 0 Å². The van der Waals surface area contributed by atoms with Crippen molar-refractivity contribution < 1.29 is 24.2 Å². The van der Waals surface area contributed by atoms with Gasteiger partial charge in [-0.2, -0.15) is 0 Å². The predicted octanol–water partition coefficient (Wildman–Crippen LogP) is 3.89. The van der Waals surface area contributed by atoms with E-state index >= 15 is 0 Å². The minimum atomic E-state index is -1.18. The zero-order chi connectivity index (χ0) is 21.2. The number of hydrogen-bond acceptors (Lipinski definition) is 4. The number of carbonyl (C=O) groups excluding carboxylic acids is 2. The highest BCUT2D eigenvalue weighted by molar-refractivity contribution is 6.02. The van der Waals surface area contributed by atoms with Crippen LogP contribution in [-0.4, -0.2) is 36.1 Å². The summed E-state index contributed by atoms with van der Waals surface area (Å²) >= 11 is 0. The smallest absolute Gasteiger partial charge is 0.339 e.